The minimum absolute atomic E-state index is 0.0577. The van der Waals surface area contributed by atoms with Crippen molar-refractivity contribution in [1.29, 1.82) is 5.26 Å². The number of anilines is 1. The molecule has 1 heterocycles. The number of H-pyrrole nitrogens is 1. The summed E-state index contributed by atoms with van der Waals surface area (Å²) in [6.45, 7) is 2.00. The van der Waals surface area contributed by atoms with E-state index in [1.54, 1.807) is 31.5 Å². The molecule has 146 valence electrons. The van der Waals surface area contributed by atoms with Gasteiger partial charge < -0.3 is 14.8 Å². The third kappa shape index (κ3) is 4.45. The minimum Gasteiger partial charge on any atom is -0.497 e. The van der Waals surface area contributed by atoms with Gasteiger partial charge in [-0.05, 0) is 25.1 Å². The van der Waals surface area contributed by atoms with Gasteiger partial charge in [0.1, 0.15) is 23.1 Å². The SMILES string of the molecule is COc1ccc(NC(=O)C(C#N)=Cc2cn[nH]c2-c2ccc(C)cc2)c(OC)c1. The Labute approximate surface area is 168 Å². The second-order valence-corrected chi connectivity index (χ2v) is 6.26. The smallest absolute Gasteiger partial charge is 0.266 e. The number of nitrogens with one attached hydrogen (secondary N) is 2. The summed E-state index contributed by atoms with van der Waals surface area (Å²) >= 11 is 0. The van der Waals surface area contributed by atoms with E-state index in [0.717, 1.165) is 16.8 Å². The molecule has 0 bridgehead atoms. The Hall–Kier alpha value is -4.05. The molecular weight excluding hydrogens is 368 g/mol. The van der Waals surface area contributed by atoms with Gasteiger partial charge in [0.25, 0.3) is 5.91 Å². The van der Waals surface area contributed by atoms with Gasteiger partial charge in [0.2, 0.25) is 0 Å². The molecule has 0 spiro atoms. The van der Waals surface area contributed by atoms with Crippen molar-refractivity contribution in [1.82, 2.24) is 10.2 Å². The molecule has 0 aliphatic rings. The zero-order valence-corrected chi connectivity index (χ0v) is 16.3. The third-order valence-corrected chi connectivity index (χ3v) is 4.33. The molecule has 0 aliphatic carbocycles. The van der Waals surface area contributed by atoms with Gasteiger partial charge in [-0.1, -0.05) is 29.8 Å². The summed E-state index contributed by atoms with van der Waals surface area (Å²) in [5.41, 5.74) is 3.79. The van der Waals surface area contributed by atoms with Crippen LogP contribution in [0.5, 0.6) is 11.5 Å². The number of amides is 1. The molecular formula is C22H20N4O3. The zero-order chi connectivity index (χ0) is 20.8. The van der Waals surface area contributed by atoms with E-state index in [1.807, 2.05) is 37.3 Å². The van der Waals surface area contributed by atoms with Crippen LogP contribution in [0, 0.1) is 18.3 Å². The van der Waals surface area contributed by atoms with Crippen LogP contribution in [0.3, 0.4) is 0 Å². The number of carbonyl (C=O) groups is 1. The number of rotatable bonds is 6. The van der Waals surface area contributed by atoms with E-state index < -0.39 is 5.91 Å². The first kappa shape index (κ1) is 19.7. The lowest BCUT2D eigenvalue weighted by Gasteiger charge is -2.11. The quantitative estimate of drug-likeness (QED) is 0.492. The second kappa shape index (κ2) is 8.76. The number of hydrogen-bond acceptors (Lipinski definition) is 5. The van der Waals surface area contributed by atoms with Crippen molar-refractivity contribution in [3.63, 3.8) is 0 Å². The molecule has 0 unspecified atom stereocenters. The van der Waals surface area contributed by atoms with Gasteiger partial charge in [-0.3, -0.25) is 9.89 Å². The molecule has 1 amide bonds. The summed E-state index contributed by atoms with van der Waals surface area (Å²) in [7, 11) is 3.03. The maximum absolute atomic E-state index is 12.7. The normalized spacial score (nSPS) is 10.9. The van der Waals surface area contributed by atoms with Crippen LogP contribution in [-0.2, 0) is 4.79 Å². The average Bonchev–Trinajstić information content (AvgIpc) is 3.20. The molecule has 7 heteroatoms. The van der Waals surface area contributed by atoms with E-state index in [-0.39, 0.29) is 5.57 Å². The molecule has 3 aromatic rings. The molecule has 3 rings (SSSR count). The number of aromatic amines is 1. The Morgan fingerprint density at radius 1 is 1.17 bits per heavy atom. The van der Waals surface area contributed by atoms with Crippen molar-refractivity contribution >= 4 is 17.7 Å². The van der Waals surface area contributed by atoms with Gasteiger partial charge >= 0.3 is 0 Å². The zero-order valence-electron chi connectivity index (χ0n) is 16.3. The lowest BCUT2D eigenvalue weighted by atomic mass is 10.0. The molecule has 0 saturated heterocycles. The Morgan fingerprint density at radius 2 is 1.93 bits per heavy atom. The number of benzene rings is 2. The van der Waals surface area contributed by atoms with E-state index in [9.17, 15) is 10.1 Å². The molecule has 0 atom stereocenters. The second-order valence-electron chi connectivity index (χ2n) is 6.26. The van der Waals surface area contributed by atoms with E-state index in [2.05, 4.69) is 15.5 Å². The number of hydrogen-bond donors (Lipinski definition) is 2. The Kier molecular flexibility index (Phi) is 5.95. The van der Waals surface area contributed by atoms with Gasteiger partial charge in [0.15, 0.2) is 0 Å². The fourth-order valence-corrected chi connectivity index (χ4v) is 2.75. The molecule has 7 nitrogen and oxygen atoms in total. The first-order valence-electron chi connectivity index (χ1n) is 8.81. The van der Waals surface area contributed by atoms with E-state index in [1.165, 1.54) is 13.2 Å². The van der Waals surface area contributed by atoms with Gasteiger partial charge in [0.05, 0.1) is 31.8 Å². The van der Waals surface area contributed by atoms with E-state index in [4.69, 9.17) is 9.47 Å². The van der Waals surface area contributed by atoms with Crippen LogP contribution in [0.25, 0.3) is 17.3 Å². The van der Waals surface area contributed by atoms with E-state index in [0.29, 0.717) is 22.7 Å². The van der Waals surface area contributed by atoms with Crippen molar-refractivity contribution in [2.75, 3.05) is 19.5 Å². The number of carbonyl (C=O) groups excluding carboxylic acids is 1. The third-order valence-electron chi connectivity index (χ3n) is 4.33. The predicted octanol–water partition coefficient (Wildman–Crippen LogP) is 3.95. The summed E-state index contributed by atoms with van der Waals surface area (Å²) in [4.78, 5) is 12.7. The lowest BCUT2D eigenvalue weighted by molar-refractivity contribution is -0.112. The number of nitriles is 1. The molecule has 0 radical (unpaired) electrons. The number of aryl methyl sites for hydroxylation is 1. The van der Waals surface area contributed by atoms with Crippen molar-refractivity contribution < 1.29 is 14.3 Å². The number of methoxy groups -OCH3 is 2. The number of aromatic nitrogens is 2. The van der Waals surface area contributed by atoms with Gasteiger partial charge in [-0.2, -0.15) is 10.4 Å². The van der Waals surface area contributed by atoms with Crippen molar-refractivity contribution in [3.8, 4) is 28.8 Å². The van der Waals surface area contributed by atoms with Gasteiger partial charge in [-0.15, -0.1) is 0 Å². The average molecular weight is 388 g/mol. The Morgan fingerprint density at radius 3 is 2.59 bits per heavy atom. The fourth-order valence-electron chi connectivity index (χ4n) is 2.75. The monoisotopic (exact) mass is 388 g/mol. The Balaban J connectivity index is 1.88. The highest BCUT2D eigenvalue weighted by atomic mass is 16.5. The van der Waals surface area contributed by atoms with Crippen molar-refractivity contribution in [2.24, 2.45) is 0 Å². The first-order chi connectivity index (χ1) is 14.0. The summed E-state index contributed by atoms with van der Waals surface area (Å²) in [5.74, 6) is 0.475. The number of ether oxygens (including phenoxy) is 2. The largest absolute Gasteiger partial charge is 0.497 e. The maximum atomic E-state index is 12.7. The van der Waals surface area contributed by atoms with Crippen LogP contribution in [-0.4, -0.2) is 30.3 Å². The minimum atomic E-state index is -0.549. The van der Waals surface area contributed by atoms with Crippen LogP contribution in [0.4, 0.5) is 5.69 Å². The highest BCUT2D eigenvalue weighted by Gasteiger charge is 2.15. The predicted molar refractivity (Wildman–Crippen MR) is 111 cm³/mol. The Bertz CT molecular complexity index is 1090. The van der Waals surface area contributed by atoms with Crippen molar-refractivity contribution in [3.05, 3.63) is 65.4 Å². The van der Waals surface area contributed by atoms with Crippen LogP contribution in [0.2, 0.25) is 0 Å². The first-order valence-corrected chi connectivity index (χ1v) is 8.81. The topological polar surface area (TPSA) is 100 Å². The molecule has 0 fully saturated rings. The van der Waals surface area contributed by atoms with Crippen molar-refractivity contribution in [2.45, 2.75) is 6.92 Å². The van der Waals surface area contributed by atoms with E-state index >= 15 is 0 Å². The molecule has 2 N–H and O–H groups in total. The summed E-state index contributed by atoms with van der Waals surface area (Å²) in [5, 5.41) is 19.2. The summed E-state index contributed by atoms with van der Waals surface area (Å²) < 4.78 is 10.4. The molecule has 2 aromatic carbocycles. The molecule has 0 aliphatic heterocycles. The highest BCUT2D eigenvalue weighted by Crippen LogP contribution is 2.30. The molecule has 1 aromatic heterocycles. The summed E-state index contributed by atoms with van der Waals surface area (Å²) in [6, 6.07) is 14.8. The molecule has 29 heavy (non-hydrogen) atoms. The van der Waals surface area contributed by atoms with Crippen LogP contribution < -0.4 is 14.8 Å². The van der Waals surface area contributed by atoms with Crippen LogP contribution >= 0.6 is 0 Å². The number of nitrogens with zero attached hydrogens (tertiary/aromatic N) is 2. The molecule has 0 saturated carbocycles. The maximum Gasteiger partial charge on any atom is 0.266 e. The highest BCUT2D eigenvalue weighted by molar-refractivity contribution is 6.10. The van der Waals surface area contributed by atoms with Crippen LogP contribution in [0.1, 0.15) is 11.1 Å². The fraction of sp³-hybridized carbons (Fsp3) is 0.136. The standard InChI is InChI=1S/C22H20N4O3/c1-14-4-6-15(7-5-14)21-17(13-24-26-21)10-16(12-23)22(27)25-19-9-8-18(28-2)11-20(19)29-3/h4-11,13H,1-3H3,(H,24,26)(H,25,27). The lowest BCUT2D eigenvalue weighted by Crippen LogP contribution is -2.14. The van der Waals surface area contributed by atoms with Crippen LogP contribution in [0.15, 0.2) is 54.2 Å². The van der Waals surface area contributed by atoms with Gasteiger partial charge in [-0.25, -0.2) is 0 Å². The van der Waals surface area contributed by atoms with Gasteiger partial charge in [0, 0.05) is 17.2 Å². The summed E-state index contributed by atoms with van der Waals surface area (Å²) in [6.07, 6.45) is 3.08.